The van der Waals surface area contributed by atoms with Gasteiger partial charge in [0, 0.05) is 43.1 Å². The molecule has 7 heteroatoms. The predicted octanol–water partition coefficient (Wildman–Crippen LogP) is 2.86. The van der Waals surface area contributed by atoms with Gasteiger partial charge in [0.2, 0.25) is 5.91 Å². The molecule has 31 heavy (non-hydrogen) atoms. The fourth-order valence-electron chi connectivity index (χ4n) is 3.86. The van der Waals surface area contributed by atoms with Gasteiger partial charge in [-0.1, -0.05) is 42.5 Å². The molecule has 0 saturated carbocycles. The number of aryl methyl sites for hydroxylation is 1. The zero-order valence-electron chi connectivity index (χ0n) is 17.8. The summed E-state index contributed by atoms with van der Waals surface area (Å²) >= 11 is 0. The van der Waals surface area contributed by atoms with E-state index in [1.165, 1.54) is 10.2 Å². The van der Waals surface area contributed by atoms with Crippen LogP contribution >= 0.6 is 0 Å². The number of fused-ring (bicyclic) bond motifs is 3. The van der Waals surface area contributed by atoms with Gasteiger partial charge in [0.05, 0.1) is 6.20 Å². The summed E-state index contributed by atoms with van der Waals surface area (Å²) in [7, 11) is 1.62. The van der Waals surface area contributed by atoms with E-state index >= 15 is 0 Å². The van der Waals surface area contributed by atoms with Crippen LogP contribution in [0.1, 0.15) is 17.5 Å². The van der Waals surface area contributed by atoms with Crippen molar-refractivity contribution < 1.29 is 9.53 Å². The van der Waals surface area contributed by atoms with Crippen LogP contribution < -0.4 is 10.9 Å². The number of benzene rings is 2. The smallest absolute Gasteiger partial charge is 0.291 e. The van der Waals surface area contributed by atoms with Gasteiger partial charge in [-0.05, 0) is 30.5 Å². The van der Waals surface area contributed by atoms with Crippen molar-refractivity contribution in [1.82, 2.24) is 19.7 Å². The SMILES string of the molecule is COCCCNC(=O)Cn1ncc2c3ccccc3n(Cc3ccccc3C)c2c1=O. The van der Waals surface area contributed by atoms with Gasteiger partial charge in [0.1, 0.15) is 12.1 Å². The van der Waals surface area contributed by atoms with Gasteiger partial charge < -0.3 is 14.6 Å². The van der Waals surface area contributed by atoms with E-state index in [0.717, 1.165) is 21.9 Å². The van der Waals surface area contributed by atoms with E-state index in [1.807, 2.05) is 41.0 Å². The Kier molecular flexibility index (Phi) is 6.13. The quantitative estimate of drug-likeness (QED) is 0.447. The highest BCUT2D eigenvalue weighted by atomic mass is 16.5. The number of carbonyl (C=O) groups is 1. The molecule has 1 amide bonds. The normalized spacial score (nSPS) is 11.3. The average molecular weight is 418 g/mol. The molecule has 0 fully saturated rings. The van der Waals surface area contributed by atoms with E-state index in [-0.39, 0.29) is 18.0 Å². The van der Waals surface area contributed by atoms with Crippen molar-refractivity contribution in [2.24, 2.45) is 0 Å². The zero-order chi connectivity index (χ0) is 21.8. The van der Waals surface area contributed by atoms with Gasteiger partial charge in [0.25, 0.3) is 5.56 Å². The Morgan fingerprint density at radius 1 is 1.10 bits per heavy atom. The number of hydrogen-bond donors (Lipinski definition) is 1. The molecule has 0 spiro atoms. The largest absolute Gasteiger partial charge is 0.385 e. The summed E-state index contributed by atoms with van der Waals surface area (Å²) in [6, 6.07) is 16.1. The molecule has 2 aromatic heterocycles. The molecule has 0 bridgehead atoms. The molecular weight excluding hydrogens is 392 g/mol. The molecule has 2 heterocycles. The van der Waals surface area contributed by atoms with Crippen molar-refractivity contribution in [3.63, 3.8) is 0 Å². The summed E-state index contributed by atoms with van der Waals surface area (Å²) in [4.78, 5) is 25.7. The molecule has 4 aromatic rings. The molecule has 160 valence electrons. The lowest BCUT2D eigenvalue weighted by atomic mass is 10.1. The second kappa shape index (κ2) is 9.14. The summed E-state index contributed by atoms with van der Waals surface area (Å²) in [5.74, 6) is -0.244. The Morgan fingerprint density at radius 3 is 2.68 bits per heavy atom. The third-order valence-corrected chi connectivity index (χ3v) is 5.50. The maximum absolute atomic E-state index is 13.4. The van der Waals surface area contributed by atoms with Crippen LogP contribution in [0.3, 0.4) is 0 Å². The molecule has 0 aliphatic heterocycles. The molecule has 1 N–H and O–H groups in total. The van der Waals surface area contributed by atoms with Crippen molar-refractivity contribution in [2.45, 2.75) is 26.4 Å². The predicted molar refractivity (Wildman–Crippen MR) is 121 cm³/mol. The van der Waals surface area contributed by atoms with Crippen molar-refractivity contribution >= 4 is 27.7 Å². The number of carbonyl (C=O) groups excluding carboxylic acids is 1. The van der Waals surface area contributed by atoms with Crippen LogP contribution in [0.5, 0.6) is 0 Å². The molecule has 0 aliphatic rings. The lowest BCUT2D eigenvalue weighted by molar-refractivity contribution is -0.121. The minimum Gasteiger partial charge on any atom is -0.385 e. The topological polar surface area (TPSA) is 78.2 Å². The number of methoxy groups -OCH3 is 1. The number of nitrogens with one attached hydrogen (secondary N) is 1. The van der Waals surface area contributed by atoms with Gasteiger partial charge >= 0.3 is 0 Å². The van der Waals surface area contributed by atoms with Crippen molar-refractivity contribution in [1.29, 1.82) is 0 Å². The lowest BCUT2D eigenvalue weighted by Crippen LogP contribution is -2.34. The van der Waals surface area contributed by atoms with E-state index in [4.69, 9.17) is 4.74 Å². The van der Waals surface area contributed by atoms with Gasteiger partial charge in [-0.25, -0.2) is 4.68 Å². The first-order valence-corrected chi connectivity index (χ1v) is 10.4. The van der Waals surface area contributed by atoms with Crippen LogP contribution in [0.15, 0.2) is 59.5 Å². The maximum atomic E-state index is 13.4. The summed E-state index contributed by atoms with van der Waals surface area (Å²) < 4.78 is 8.26. The second-order valence-corrected chi connectivity index (χ2v) is 7.60. The van der Waals surface area contributed by atoms with Crippen molar-refractivity contribution in [3.05, 3.63) is 76.2 Å². The van der Waals surface area contributed by atoms with Crippen molar-refractivity contribution in [2.75, 3.05) is 20.3 Å². The molecule has 7 nitrogen and oxygen atoms in total. The average Bonchev–Trinajstić information content (AvgIpc) is 3.09. The number of ether oxygens (including phenoxy) is 1. The second-order valence-electron chi connectivity index (χ2n) is 7.60. The Bertz CT molecular complexity index is 1290. The monoisotopic (exact) mass is 418 g/mol. The summed E-state index contributed by atoms with van der Waals surface area (Å²) in [6.07, 6.45) is 2.40. The fourth-order valence-corrected chi connectivity index (χ4v) is 3.86. The molecular formula is C24H26N4O3. The Labute approximate surface area is 180 Å². The third kappa shape index (κ3) is 4.22. The number of nitrogens with zero attached hydrogens (tertiary/aromatic N) is 3. The molecule has 2 aromatic carbocycles. The van der Waals surface area contributed by atoms with Gasteiger partial charge in [-0.15, -0.1) is 0 Å². The van der Waals surface area contributed by atoms with Crippen LogP contribution in [0.4, 0.5) is 0 Å². The van der Waals surface area contributed by atoms with E-state index in [9.17, 15) is 9.59 Å². The highest BCUT2D eigenvalue weighted by Gasteiger charge is 2.17. The zero-order valence-corrected chi connectivity index (χ0v) is 17.8. The third-order valence-electron chi connectivity index (χ3n) is 5.50. The molecule has 0 atom stereocenters. The minimum absolute atomic E-state index is 0.117. The first-order valence-electron chi connectivity index (χ1n) is 10.4. The van der Waals surface area contributed by atoms with Gasteiger partial charge in [0.15, 0.2) is 0 Å². The first-order chi connectivity index (χ1) is 15.1. The molecule has 0 unspecified atom stereocenters. The lowest BCUT2D eigenvalue weighted by Gasteiger charge is -2.11. The van der Waals surface area contributed by atoms with Gasteiger partial charge in [-0.2, -0.15) is 5.10 Å². The summed E-state index contributed by atoms with van der Waals surface area (Å²) in [5.41, 5.74) is 3.57. The highest BCUT2D eigenvalue weighted by Crippen LogP contribution is 2.27. The van der Waals surface area contributed by atoms with E-state index in [2.05, 4.69) is 29.5 Å². The molecule has 0 radical (unpaired) electrons. The first kappa shape index (κ1) is 20.8. The van der Waals surface area contributed by atoms with Crippen molar-refractivity contribution in [3.8, 4) is 0 Å². The Hall–Kier alpha value is -3.45. The Balaban J connectivity index is 1.75. The van der Waals surface area contributed by atoms with E-state index in [0.29, 0.717) is 31.6 Å². The number of rotatable bonds is 8. The van der Waals surface area contributed by atoms with E-state index in [1.54, 1.807) is 13.3 Å². The van der Waals surface area contributed by atoms with E-state index < -0.39 is 0 Å². The fraction of sp³-hybridized carbons (Fsp3) is 0.292. The van der Waals surface area contributed by atoms with Crippen LogP contribution in [0.2, 0.25) is 0 Å². The Morgan fingerprint density at radius 2 is 1.87 bits per heavy atom. The molecule has 4 rings (SSSR count). The molecule has 0 aliphatic carbocycles. The van der Waals surface area contributed by atoms with Crippen LogP contribution in [0, 0.1) is 6.92 Å². The number of amides is 1. The summed E-state index contributed by atoms with van der Waals surface area (Å²) in [6.45, 7) is 3.59. The van der Waals surface area contributed by atoms with Crippen LogP contribution in [-0.4, -0.2) is 40.5 Å². The van der Waals surface area contributed by atoms with Crippen LogP contribution in [-0.2, 0) is 22.6 Å². The minimum atomic E-state index is -0.269. The number of aromatic nitrogens is 3. The van der Waals surface area contributed by atoms with Crippen LogP contribution in [0.25, 0.3) is 21.8 Å². The number of para-hydroxylation sites is 1. The highest BCUT2D eigenvalue weighted by molar-refractivity contribution is 6.07. The molecule has 0 saturated heterocycles. The number of hydrogen-bond acceptors (Lipinski definition) is 4. The standard InChI is InChI=1S/C24H26N4O3/c1-17-8-3-4-9-18(17)15-27-21-11-6-5-10-19(21)20-14-26-28(24(30)23(20)27)16-22(29)25-12-7-13-31-2/h3-6,8-11,14H,7,12-13,15-16H2,1-2H3,(H,25,29). The van der Waals surface area contributed by atoms with Gasteiger partial charge in [-0.3, -0.25) is 9.59 Å². The maximum Gasteiger partial charge on any atom is 0.291 e. The summed E-state index contributed by atoms with van der Waals surface area (Å²) in [5, 5.41) is 8.86.